The maximum atomic E-state index is 8.55. The van der Waals surface area contributed by atoms with Crippen molar-refractivity contribution in [3.05, 3.63) is 40.8 Å². The van der Waals surface area contributed by atoms with Gasteiger partial charge in [0.15, 0.2) is 0 Å². The second kappa shape index (κ2) is 5.03. The zero-order chi connectivity index (χ0) is 12.3. The Morgan fingerprint density at radius 1 is 1.47 bits per heavy atom. The fraction of sp³-hybridized carbons (Fsp3) is 0.231. The quantitative estimate of drug-likeness (QED) is 0.900. The van der Waals surface area contributed by atoms with Crippen LogP contribution in [0.4, 0.5) is 0 Å². The molecule has 1 aromatic carbocycles. The van der Waals surface area contributed by atoms with E-state index in [4.69, 9.17) is 16.9 Å². The molecule has 0 saturated heterocycles. The lowest BCUT2D eigenvalue weighted by molar-refractivity contribution is 0.913. The molecule has 86 valence electrons. The molecule has 2 aromatic rings. The van der Waals surface area contributed by atoms with Gasteiger partial charge in [0.1, 0.15) is 5.82 Å². The molecule has 0 spiro atoms. The van der Waals surface area contributed by atoms with Crippen LogP contribution >= 0.6 is 11.6 Å². The van der Waals surface area contributed by atoms with Gasteiger partial charge in [-0.1, -0.05) is 23.7 Å². The largest absolute Gasteiger partial charge is 0.346 e. The monoisotopic (exact) mass is 245 g/mol. The summed E-state index contributed by atoms with van der Waals surface area (Å²) in [6.45, 7) is 1.97. The summed E-state index contributed by atoms with van der Waals surface area (Å²) in [5.41, 5.74) is 2.90. The van der Waals surface area contributed by atoms with Gasteiger partial charge in [-0.05, 0) is 19.1 Å². The van der Waals surface area contributed by atoms with Crippen LogP contribution in [0.1, 0.15) is 17.9 Å². The van der Waals surface area contributed by atoms with E-state index in [1.807, 2.05) is 31.2 Å². The zero-order valence-electron chi connectivity index (χ0n) is 9.50. The number of benzene rings is 1. The number of nitrogens with zero attached hydrogens (tertiary/aromatic N) is 2. The summed E-state index contributed by atoms with van der Waals surface area (Å²) in [5, 5.41) is 9.25. The molecule has 0 aliphatic heterocycles. The lowest BCUT2D eigenvalue weighted by Gasteiger charge is -1.98. The molecule has 1 aromatic heterocycles. The third-order valence-electron chi connectivity index (χ3n) is 2.51. The number of imidazole rings is 1. The van der Waals surface area contributed by atoms with Crippen molar-refractivity contribution >= 4 is 11.6 Å². The molecule has 1 N–H and O–H groups in total. The van der Waals surface area contributed by atoms with Gasteiger partial charge in [0.2, 0.25) is 0 Å². The Balaban J connectivity index is 2.33. The third-order valence-corrected chi connectivity index (χ3v) is 2.74. The van der Waals surface area contributed by atoms with E-state index in [2.05, 4.69) is 16.0 Å². The van der Waals surface area contributed by atoms with Crippen LogP contribution in [0.15, 0.2) is 24.3 Å². The van der Waals surface area contributed by atoms with Crippen molar-refractivity contribution in [3.8, 4) is 17.3 Å². The van der Waals surface area contributed by atoms with E-state index in [9.17, 15) is 0 Å². The summed E-state index contributed by atoms with van der Waals surface area (Å²) >= 11 is 5.96. The lowest BCUT2D eigenvalue weighted by atomic mass is 10.1. The van der Waals surface area contributed by atoms with Crippen molar-refractivity contribution in [3.63, 3.8) is 0 Å². The van der Waals surface area contributed by atoms with Crippen molar-refractivity contribution in [2.45, 2.75) is 19.8 Å². The van der Waals surface area contributed by atoms with Crippen LogP contribution in [0.3, 0.4) is 0 Å². The van der Waals surface area contributed by atoms with Gasteiger partial charge >= 0.3 is 0 Å². The number of nitriles is 1. The number of nitrogens with one attached hydrogen (secondary N) is 1. The van der Waals surface area contributed by atoms with Crippen molar-refractivity contribution < 1.29 is 0 Å². The van der Waals surface area contributed by atoms with Crippen LogP contribution < -0.4 is 0 Å². The fourth-order valence-corrected chi connectivity index (χ4v) is 1.92. The Morgan fingerprint density at radius 2 is 2.29 bits per heavy atom. The topological polar surface area (TPSA) is 52.5 Å². The maximum Gasteiger partial charge on any atom is 0.108 e. The molecule has 4 heteroatoms. The van der Waals surface area contributed by atoms with Gasteiger partial charge in [0.05, 0.1) is 11.8 Å². The van der Waals surface area contributed by atoms with Crippen molar-refractivity contribution in [1.29, 1.82) is 5.26 Å². The van der Waals surface area contributed by atoms with Gasteiger partial charge in [-0.25, -0.2) is 4.98 Å². The highest BCUT2D eigenvalue weighted by atomic mass is 35.5. The van der Waals surface area contributed by atoms with Crippen molar-refractivity contribution in [2.75, 3.05) is 0 Å². The Morgan fingerprint density at radius 3 is 3.00 bits per heavy atom. The van der Waals surface area contributed by atoms with Crippen LogP contribution in [-0.4, -0.2) is 9.97 Å². The molecule has 0 atom stereocenters. The average molecular weight is 246 g/mol. The minimum Gasteiger partial charge on any atom is -0.346 e. The summed E-state index contributed by atoms with van der Waals surface area (Å²) in [6.07, 6.45) is 1.12. The predicted molar refractivity (Wildman–Crippen MR) is 67.7 cm³/mol. The third kappa shape index (κ3) is 2.66. The number of aromatic nitrogens is 2. The second-order valence-corrected chi connectivity index (χ2v) is 4.26. The average Bonchev–Trinajstić information content (AvgIpc) is 2.68. The van der Waals surface area contributed by atoms with Gasteiger partial charge in [-0.15, -0.1) is 0 Å². The molecule has 0 amide bonds. The molecule has 2 rings (SSSR count). The van der Waals surface area contributed by atoms with Crippen molar-refractivity contribution in [1.82, 2.24) is 9.97 Å². The second-order valence-electron chi connectivity index (χ2n) is 3.83. The lowest BCUT2D eigenvalue weighted by Crippen LogP contribution is -1.86. The molecule has 0 bridgehead atoms. The summed E-state index contributed by atoms with van der Waals surface area (Å²) < 4.78 is 0. The Labute approximate surface area is 105 Å². The molecule has 0 saturated carbocycles. The molecule has 0 aliphatic rings. The van der Waals surface area contributed by atoms with Crippen LogP contribution in [-0.2, 0) is 6.42 Å². The first-order chi connectivity index (χ1) is 8.20. The summed E-state index contributed by atoms with van der Waals surface area (Å²) in [5.74, 6) is 0.846. The number of aryl methyl sites for hydroxylation is 2. The highest BCUT2D eigenvalue weighted by molar-refractivity contribution is 6.30. The number of aromatic amines is 1. The standard InChI is InChI=1S/C13H12ClN3/c1-9-13(10-4-2-5-11(14)8-10)17-12(16-9)6-3-7-15/h2,4-5,8H,3,6H2,1H3,(H,16,17). The van der Waals surface area contributed by atoms with E-state index in [0.29, 0.717) is 17.9 Å². The minimum atomic E-state index is 0.474. The normalized spacial score (nSPS) is 10.2. The molecule has 0 aliphatic carbocycles. The molecule has 3 nitrogen and oxygen atoms in total. The molecule has 1 heterocycles. The van der Waals surface area contributed by atoms with E-state index >= 15 is 0 Å². The number of hydrogen-bond acceptors (Lipinski definition) is 2. The molecule has 0 unspecified atom stereocenters. The zero-order valence-corrected chi connectivity index (χ0v) is 10.3. The van der Waals surface area contributed by atoms with Gasteiger partial charge < -0.3 is 4.98 Å². The van der Waals surface area contributed by atoms with Crippen molar-refractivity contribution in [2.24, 2.45) is 0 Å². The first-order valence-corrected chi connectivity index (χ1v) is 5.77. The van der Waals surface area contributed by atoms with E-state index in [-0.39, 0.29) is 0 Å². The number of halogens is 1. The van der Waals surface area contributed by atoms with Gasteiger partial charge in [0, 0.05) is 29.1 Å². The minimum absolute atomic E-state index is 0.474. The smallest absolute Gasteiger partial charge is 0.108 e. The van der Waals surface area contributed by atoms with Gasteiger partial charge in [0.25, 0.3) is 0 Å². The Hall–Kier alpha value is -1.79. The van der Waals surface area contributed by atoms with Crippen LogP contribution in [0.5, 0.6) is 0 Å². The summed E-state index contributed by atoms with van der Waals surface area (Å²) in [4.78, 5) is 7.69. The molecular formula is C13H12ClN3. The highest BCUT2D eigenvalue weighted by Gasteiger charge is 2.08. The molecular weight excluding hydrogens is 234 g/mol. The van der Waals surface area contributed by atoms with E-state index in [1.54, 1.807) is 0 Å². The number of H-pyrrole nitrogens is 1. The Bertz CT molecular complexity index is 566. The molecule has 0 fully saturated rings. The molecule has 0 radical (unpaired) electrons. The summed E-state index contributed by atoms with van der Waals surface area (Å²) in [6, 6.07) is 9.72. The predicted octanol–water partition coefficient (Wildman–Crippen LogP) is 3.49. The maximum absolute atomic E-state index is 8.55. The molecule has 17 heavy (non-hydrogen) atoms. The van der Waals surface area contributed by atoms with Crippen LogP contribution in [0, 0.1) is 18.3 Å². The van der Waals surface area contributed by atoms with Gasteiger partial charge in [-0.3, -0.25) is 0 Å². The van der Waals surface area contributed by atoms with E-state index in [1.165, 1.54) is 0 Å². The van der Waals surface area contributed by atoms with Crippen LogP contribution in [0.2, 0.25) is 5.02 Å². The first-order valence-electron chi connectivity index (χ1n) is 5.39. The first kappa shape index (κ1) is 11.7. The van der Waals surface area contributed by atoms with Gasteiger partial charge in [-0.2, -0.15) is 5.26 Å². The highest BCUT2D eigenvalue weighted by Crippen LogP contribution is 2.24. The van der Waals surface area contributed by atoms with E-state index in [0.717, 1.165) is 22.8 Å². The SMILES string of the molecule is Cc1[nH]c(CCC#N)nc1-c1cccc(Cl)c1. The van der Waals surface area contributed by atoms with E-state index < -0.39 is 0 Å². The fourth-order valence-electron chi connectivity index (χ4n) is 1.73. The summed E-state index contributed by atoms with van der Waals surface area (Å²) in [7, 11) is 0. The number of rotatable bonds is 3. The number of hydrogen-bond donors (Lipinski definition) is 1. The Kier molecular flexibility index (Phi) is 3.46. The van der Waals surface area contributed by atoms with Crippen LogP contribution in [0.25, 0.3) is 11.3 Å².